The van der Waals surface area contributed by atoms with Gasteiger partial charge in [-0.25, -0.2) is 14.8 Å². The molecule has 5 nitrogen and oxygen atoms in total. The van der Waals surface area contributed by atoms with Gasteiger partial charge in [-0.1, -0.05) is 48.5 Å². The third kappa shape index (κ3) is 4.22. The lowest BCUT2D eigenvalue weighted by Gasteiger charge is -2.07. The van der Waals surface area contributed by atoms with E-state index in [1.807, 2.05) is 6.07 Å². The largest absolute Gasteiger partial charge is 0.416 e. The second-order valence-corrected chi connectivity index (χ2v) is 6.43. The highest BCUT2D eigenvalue weighted by Gasteiger charge is 2.30. The summed E-state index contributed by atoms with van der Waals surface area (Å²) in [7, 11) is 0. The Labute approximate surface area is 170 Å². The minimum Gasteiger partial charge on any atom is -0.308 e. The van der Waals surface area contributed by atoms with Crippen LogP contribution in [0.5, 0.6) is 0 Å². The Morgan fingerprint density at radius 1 is 0.833 bits per heavy atom. The molecule has 4 rings (SSSR count). The van der Waals surface area contributed by atoms with Crippen LogP contribution < -0.4 is 10.6 Å². The molecule has 0 radical (unpaired) electrons. The van der Waals surface area contributed by atoms with Gasteiger partial charge >= 0.3 is 12.2 Å². The third-order valence-electron chi connectivity index (χ3n) is 4.31. The first-order valence-corrected chi connectivity index (χ1v) is 8.97. The number of halogens is 3. The SMILES string of the molecule is O=C(NC1=NC(=Nc2cccc(C(F)(F)F)c2)c2ccccc21)Nc1ccccc1. The molecule has 30 heavy (non-hydrogen) atoms. The van der Waals surface area contributed by atoms with Crippen LogP contribution in [0.2, 0.25) is 0 Å². The number of benzene rings is 3. The van der Waals surface area contributed by atoms with E-state index in [2.05, 4.69) is 20.6 Å². The van der Waals surface area contributed by atoms with Gasteiger partial charge in [0.1, 0.15) is 5.84 Å². The van der Waals surface area contributed by atoms with Gasteiger partial charge in [-0.2, -0.15) is 13.2 Å². The number of para-hydroxylation sites is 1. The molecule has 1 aliphatic heterocycles. The summed E-state index contributed by atoms with van der Waals surface area (Å²) in [4.78, 5) is 20.9. The number of anilines is 1. The van der Waals surface area contributed by atoms with Crippen LogP contribution in [-0.2, 0) is 6.18 Å². The molecule has 3 aromatic carbocycles. The summed E-state index contributed by atoms with van der Waals surface area (Å²) in [5.74, 6) is 0.490. The molecule has 0 saturated carbocycles. The van der Waals surface area contributed by atoms with E-state index in [-0.39, 0.29) is 17.4 Å². The summed E-state index contributed by atoms with van der Waals surface area (Å²) in [6, 6.07) is 20.1. The van der Waals surface area contributed by atoms with Crippen molar-refractivity contribution in [2.75, 3.05) is 5.32 Å². The Morgan fingerprint density at radius 3 is 2.27 bits per heavy atom. The van der Waals surface area contributed by atoms with Crippen molar-refractivity contribution in [2.45, 2.75) is 6.18 Å². The highest BCUT2D eigenvalue weighted by atomic mass is 19.4. The summed E-state index contributed by atoms with van der Waals surface area (Å²) in [6.45, 7) is 0. The molecule has 1 heterocycles. The van der Waals surface area contributed by atoms with Gasteiger partial charge in [-0.3, -0.25) is 5.32 Å². The number of rotatable bonds is 2. The zero-order valence-electron chi connectivity index (χ0n) is 15.4. The maximum atomic E-state index is 13.0. The van der Waals surface area contributed by atoms with Crippen LogP contribution in [-0.4, -0.2) is 17.7 Å². The van der Waals surface area contributed by atoms with Crippen molar-refractivity contribution in [3.63, 3.8) is 0 Å². The van der Waals surface area contributed by atoms with Gasteiger partial charge < -0.3 is 5.32 Å². The van der Waals surface area contributed by atoms with Crippen molar-refractivity contribution >= 4 is 29.1 Å². The first-order valence-electron chi connectivity index (χ1n) is 8.97. The number of aliphatic imine (C=N–C) groups is 2. The minimum atomic E-state index is -4.46. The highest BCUT2D eigenvalue weighted by molar-refractivity contribution is 6.26. The Kier molecular flexibility index (Phi) is 5.05. The lowest BCUT2D eigenvalue weighted by molar-refractivity contribution is -0.137. The predicted molar refractivity (Wildman–Crippen MR) is 109 cm³/mol. The Morgan fingerprint density at radius 2 is 1.53 bits per heavy atom. The quantitative estimate of drug-likeness (QED) is 0.589. The van der Waals surface area contributed by atoms with Crippen LogP contribution >= 0.6 is 0 Å². The predicted octanol–water partition coefficient (Wildman–Crippen LogP) is 5.37. The van der Waals surface area contributed by atoms with Crippen LogP contribution in [0.25, 0.3) is 0 Å². The molecule has 0 spiro atoms. The van der Waals surface area contributed by atoms with Crippen molar-refractivity contribution in [2.24, 2.45) is 9.98 Å². The maximum Gasteiger partial charge on any atom is 0.416 e. The number of carbonyl (C=O) groups is 1. The standard InChI is InChI=1S/C22H15F3N4O/c23-22(24,25)14-7-6-10-16(13-14)26-19-17-11-4-5-12-18(17)20(28-19)29-21(30)27-15-8-2-1-3-9-15/h1-13H,(H2,26,27,28,29,30). The van der Waals surface area contributed by atoms with E-state index < -0.39 is 17.8 Å². The fourth-order valence-corrected chi connectivity index (χ4v) is 2.96. The Balaban J connectivity index is 1.62. The van der Waals surface area contributed by atoms with E-state index in [1.165, 1.54) is 12.1 Å². The number of alkyl halides is 3. The molecule has 150 valence electrons. The van der Waals surface area contributed by atoms with Crippen molar-refractivity contribution < 1.29 is 18.0 Å². The van der Waals surface area contributed by atoms with Gasteiger partial charge in [-0.15, -0.1) is 0 Å². The number of carbonyl (C=O) groups excluding carboxylic acids is 1. The Hall–Kier alpha value is -3.94. The number of urea groups is 1. The van der Waals surface area contributed by atoms with Crippen LogP contribution in [0.15, 0.2) is 88.8 Å². The molecular formula is C22H15F3N4O. The van der Waals surface area contributed by atoms with E-state index in [1.54, 1.807) is 48.5 Å². The number of nitrogens with zero attached hydrogens (tertiary/aromatic N) is 2. The van der Waals surface area contributed by atoms with Gasteiger partial charge in [0.05, 0.1) is 11.3 Å². The van der Waals surface area contributed by atoms with E-state index in [0.29, 0.717) is 16.8 Å². The van der Waals surface area contributed by atoms with Crippen LogP contribution in [0.4, 0.5) is 29.3 Å². The second kappa shape index (κ2) is 7.82. The summed E-state index contributed by atoms with van der Waals surface area (Å²) in [5, 5.41) is 5.37. The molecular weight excluding hydrogens is 393 g/mol. The fraction of sp³-hybridized carbons (Fsp3) is 0.0455. The zero-order chi connectivity index (χ0) is 21.1. The second-order valence-electron chi connectivity index (χ2n) is 6.43. The molecule has 8 heteroatoms. The summed E-state index contributed by atoms with van der Waals surface area (Å²) in [6.07, 6.45) is -4.46. The first-order chi connectivity index (χ1) is 14.4. The maximum absolute atomic E-state index is 13.0. The normalized spacial score (nSPS) is 14.2. The fourth-order valence-electron chi connectivity index (χ4n) is 2.96. The van der Waals surface area contributed by atoms with Gasteiger partial charge in [0.2, 0.25) is 0 Å². The topological polar surface area (TPSA) is 65.8 Å². The minimum absolute atomic E-state index is 0.119. The smallest absolute Gasteiger partial charge is 0.308 e. The summed E-state index contributed by atoms with van der Waals surface area (Å²) in [5.41, 5.74) is 1.18. The van der Waals surface area contributed by atoms with E-state index in [9.17, 15) is 18.0 Å². The molecule has 1 aliphatic rings. The summed E-state index contributed by atoms with van der Waals surface area (Å²) < 4.78 is 38.9. The van der Waals surface area contributed by atoms with E-state index in [0.717, 1.165) is 12.1 Å². The van der Waals surface area contributed by atoms with Crippen LogP contribution in [0.1, 0.15) is 16.7 Å². The van der Waals surface area contributed by atoms with Gasteiger partial charge in [-0.05, 0) is 30.3 Å². The number of hydrogen-bond acceptors (Lipinski definition) is 2. The van der Waals surface area contributed by atoms with Crippen LogP contribution in [0, 0.1) is 0 Å². The van der Waals surface area contributed by atoms with Crippen molar-refractivity contribution in [1.29, 1.82) is 0 Å². The van der Waals surface area contributed by atoms with Crippen molar-refractivity contribution in [1.82, 2.24) is 5.32 Å². The van der Waals surface area contributed by atoms with Gasteiger partial charge in [0.15, 0.2) is 5.84 Å². The van der Waals surface area contributed by atoms with Gasteiger partial charge in [0, 0.05) is 16.8 Å². The molecule has 0 bridgehead atoms. The lowest BCUT2D eigenvalue weighted by atomic mass is 10.1. The van der Waals surface area contributed by atoms with Crippen LogP contribution in [0.3, 0.4) is 0 Å². The number of amides is 2. The number of hydrogen-bond donors (Lipinski definition) is 2. The van der Waals surface area contributed by atoms with Crippen molar-refractivity contribution in [3.8, 4) is 0 Å². The molecule has 2 amide bonds. The first kappa shape index (κ1) is 19.4. The van der Waals surface area contributed by atoms with Crippen molar-refractivity contribution in [3.05, 3.63) is 95.6 Å². The number of fused-ring (bicyclic) bond motifs is 1. The molecule has 0 fully saturated rings. The number of amidine groups is 2. The molecule has 0 unspecified atom stereocenters. The average molecular weight is 408 g/mol. The number of nitrogens with one attached hydrogen (secondary N) is 2. The van der Waals surface area contributed by atoms with E-state index in [4.69, 9.17) is 0 Å². The lowest BCUT2D eigenvalue weighted by Crippen LogP contribution is -2.34. The Bertz CT molecular complexity index is 1150. The molecule has 0 aromatic heterocycles. The highest BCUT2D eigenvalue weighted by Crippen LogP contribution is 2.32. The molecule has 3 aromatic rings. The van der Waals surface area contributed by atoms with E-state index >= 15 is 0 Å². The monoisotopic (exact) mass is 408 g/mol. The average Bonchev–Trinajstić information content (AvgIpc) is 3.05. The summed E-state index contributed by atoms with van der Waals surface area (Å²) >= 11 is 0. The zero-order valence-corrected chi connectivity index (χ0v) is 15.4. The molecule has 2 N–H and O–H groups in total. The van der Waals surface area contributed by atoms with Gasteiger partial charge in [0.25, 0.3) is 0 Å². The molecule has 0 saturated heterocycles. The third-order valence-corrected chi connectivity index (χ3v) is 4.31. The molecule has 0 atom stereocenters. The molecule has 0 aliphatic carbocycles.